The van der Waals surface area contributed by atoms with E-state index in [4.69, 9.17) is 9.97 Å². The van der Waals surface area contributed by atoms with E-state index in [0.29, 0.717) is 0 Å². The summed E-state index contributed by atoms with van der Waals surface area (Å²) in [4.78, 5) is 10.5. The summed E-state index contributed by atoms with van der Waals surface area (Å²) in [5, 5.41) is 3.35. The van der Waals surface area contributed by atoms with Crippen molar-refractivity contribution < 1.29 is 0 Å². The first-order valence-electron chi connectivity index (χ1n) is 19.7. The van der Waals surface area contributed by atoms with Crippen molar-refractivity contribution in [1.82, 2.24) is 9.97 Å². The molecule has 0 N–H and O–H groups in total. The van der Waals surface area contributed by atoms with Crippen molar-refractivity contribution in [3.8, 4) is 67.2 Å². The lowest BCUT2D eigenvalue weighted by atomic mass is 9.70. The maximum absolute atomic E-state index is 5.35. The van der Waals surface area contributed by atoms with Crippen LogP contribution in [0.1, 0.15) is 22.3 Å². The second-order valence-corrected chi connectivity index (χ2v) is 15.2. The number of benzene rings is 9. The Balaban J connectivity index is 1.03. The van der Waals surface area contributed by atoms with Crippen molar-refractivity contribution in [2.45, 2.75) is 5.41 Å². The SMILES string of the molecule is c1ccc(-c2ccc(-c3nc(-c4ccc(-c5ccc6c(c5)C5(c7ccccc7-c7ccccc75)c5ccccc5-6)c5ccccc45)nc4ccccc34)cc2)cc1. The van der Waals surface area contributed by atoms with Gasteiger partial charge < -0.3 is 0 Å². The van der Waals surface area contributed by atoms with Crippen molar-refractivity contribution in [2.75, 3.05) is 0 Å². The van der Waals surface area contributed by atoms with Gasteiger partial charge in [0.15, 0.2) is 5.82 Å². The Morgan fingerprint density at radius 1 is 0.281 bits per heavy atom. The molecule has 57 heavy (non-hydrogen) atoms. The van der Waals surface area contributed by atoms with Gasteiger partial charge in [0.1, 0.15) is 0 Å². The van der Waals surface area contributed by atoms with Crippen LogP contribution >= 0.6 is 0 Å². The lowest BCUT2D eigenvalue weighted by Crippen LogP contribution is -2.25. The molecule has 12 rings (SSSR count). The highest BCUT2D eigenvalue weighted by Gasteiger charge is 2.51. The van der Waals surface area contributed by atoms with Gasteiger partial charge in [-0.1, -0.05) is 188 Å². The molecule has 10 aromatic rings. The molecular weight excluding hydrogens is 689 g/mol. The fourth-order valence-corrected chi connectivity index (χ4v) is 9.88. The van der Waals surface area contributed by atoms with Gasteiger partial charge in [0.05, 0.1) is 16.6 Å². The van der Waals surface area contributed by atoms with Gasteiger partial charge in [-0.15, -0.1) is 0 Å². The molecule has 1 aromatic heterocycles. The minimum atomic E-state index is -0.389. The van der Waals surface area contributed by atoms with E-state index in [9.17, 15) is 0 Å². The van der Waals surface area contributed by atoms with Crippen LogP contribution in [0.4, 0.5) is 0 Å². The van der Waals surface area contributed by atoms with E-state index in [1.54, 1.807) is 0 Å². The predicted molar refractivity (Wildman–Crippen MR) is 235 cm³/mol. The number of para-hydroxylation sites is 1. The highest BCUT2D eigenvalue weighted by Crippen LogP contribution is 2.63. The highest BCUT2D eigenvalue weighted by molar-refractivity contribution is 6.06. The van der Waals surface area contributed by atoms with Crippen LogP contribution < -0.4 is 0 Å². The maximum Gasteiger partial charge on any atom is 0.161 e. The average Bonchev–Trinajstić information content (AvgIpc) is 3.76. The summed E-state index contributed by atoms with van der Waals surface area (Å²) >= 11 is 0. The van der Waals surface area contributed by atoms with E-state index in [0.717, 1.165) is 38.9 Å². The van der Waals surface area contributed by atoms with E-state index in [-0.39, 0.29) is 5.41 Å². The quantitative estimate of drug-likeness (QED) is 0.181. The van der Waals surface area contributed by atoms with Crippen LogP contribution in [0.2, 0.25) is 0 Å². The molecule has 0 amide bonds. The van der Waals surface area contributed by atoms with Crippen LogP contribution in [-0.2, 0) is 5.41 Å². The van der Waals surface area contributed by atoms with Gasteiger partial charge in [-0.05, 0) is 95.7 Å². The van der Waals surface area contributed by atoms with Crippen molar-refractivity contribution in [3.63, 3.8) is 0 Å². The monoisotopic (exact) mass is 722 g/mol. The zero-order valence-corrected chi connectivity index (χ0v) is 31.0. The molecule has 0 bridgehead atoms. The van der Waals surface area contributed by atoms with E-state index in [1.807, 2.05) is 0 Å². The Bertz CT molecular complexity index is 3170. The Hall–Kier alpha value is -7.42. The third-order valence-corrected chi connectivity index (χ3v) is 12.3. The van der Waals surface area contributed by atoms with Crippen molar-refractivity contribution >= 4 is 21.7 Å². The van der Waals surface area contributed by atoms with Gasteiger partial charge in [-0.2, -0.15) is 0 Å². The second-order valence-electron chi connectivity index (χ2n) is 15.2. The molecule has 0 fully saturated rings. The van der Waals surface area contributed by atoms with Gasteiger partial charge in [0.25, 0.3) is 0 Å². The number of hydrogen-bond acceptors (Lipinski definition) is 2. The Labute approximate surface area is 331 Å². The van der Waals surface area contributed by atoms with Crippen LogP contribution in [0.15, 0.2) is 206 Å². The number of nitrogens with zero attached hydrogens (tertiary/aromatic N) is 2. The number of fused-ring (bicyclic) bond motifs is 12. The van der Waals surface area contributed by atoms with Crippen molar-refractivity contribution in [1.29, 1.82) is 0 Å². The summed E-state index contributed by atoms with van der Waals surface area (Å²) in [5.74, 6) is 0.723. The van der Waals surface area contributed by atoms with Gasteiger partial charge in [-0.25, -0.2) is 9.97 Å². The number of hydrogen-bond donors (Lipinski definition) is 0. The third kappa shape index (κ3) is 4.59. The molecule has 0 radical (unpaired) electrons. The molecule has 0 atom stereocenters. The zero-order valence-electron chi connectivity index (χ0n) is 31.0. The van der Waals surface area contributed by atoms with Gasteiger partial charge in [0, 0.05) is 16.5 Å². The fraction of sp³-hybridized carbons (Fsp3) is 0.0182. The summed E-state index contributed by atoms with van der Waals surface area (Å²) < 4.78 is 0. The molecule has 0 saturated heterocycles. The van der Waals surface area contributed by atoms with Crippen LogP contribution in [0.3, 0.4) is 0 Å². The fourth-order valence-electron chi connectivity index (χ4n) is 9.88. The molecule has 1 spiro atoms. The first-order valence-corrected chi connectivity index (χ1v) is 19.7. The van der Waals surface area contributed by atoms with Crippen molar-refractivity contribution in [2.24, 2.45) is 0 Å². The number of aromatic nitrogens is 2. The third-order valence-electron chi connectivity index (χ3n) is 12.3. The molecule has 0 saturated carbocycles. The maximum atomic E-state index is 5.35. The normalized spacial score (nSPS) is 13.1. The van der Waals surface area contributed by atoms with Crippen LogP contribution in [0.25, 0.3) is 88.8 Å². The van der Waals surface area contributed by atoms with Gasteiger partial charge in [-0.3, -0.25) is 0 Å². The summed E-state index contributed by atoms with van der Waals surface area (Å²) in [7, 11) is 0. The predicted octanol–water partition coefficient (Wildman–Crippen LogP) is 13.8. The van der Waals surface area contributed by atoms with Crippen LogP contribution in [0.5, 0.6) is 0 Å². The van der Waals surface area contributed by atoms with Crippen LogP contribution in [-0.4, -0.2) is 9.97 Å². The summed E-state index contributed by atoms with van der Waals surface area (Å²) in [6.07, 6.45) is 0. The van der Waals surface area contributed by atoms with Crippen LogP contribution in [0, 0.1) is 0 Å². The average molecular weight is 723 g/mol. The summed E-state index contributed by atoms with van der Waals surface area (Å²) in [6.45, 7) is 0. The van der Waals surface area contributed by atoms with E-state index in [1.165, 1.54) is 72.1 Å². The van der Waals surface area contributed by atoms with E-state index >= 15 is 0 Å². The van der Waals surface area contributed by atoms with E-state index < -0.39 is 0 Å². The molecule has 2 nitrogen and oxygen atoms in total. The number of rotatable bonds is 4. The molecule has 0 aliphatic heterocycles. The summed E-state index contributed by atoms with van der Waals surface area (Å²) in [6, 6.07) is 75.0. The molecule has 9 aromatic carbocycles. The van der Waals surface area contributed by atoms with Gasteiger partial charge >= 0.3 is 0 Å². The standard InChI is InChI=1S/C55H34N2/c1-2-14-35(15-3-1)36-26-28-37(29-27-36)53-47-21-9-13-25-52(47)56-54(57-53)46-33-32-39(40-16-4-5-17-41(40)46)38-30-31-45-44-20-8-12-24-50(44)55(51(45)34-38)48-22-10-6-18-42(48)43-19-7-11-23-49(43)55/h1-34H. The minimum Gasteiger partial charge on any atom is -0.228 e. The minimum absolute atomic E-state index is 0.389. The Morgan fingerprint density at radius 2 is 0.737 bits per heavy atom. The van der Waals surface area contributed by atoms with E-state index in [2.05, 4.69) is 206 Å². The first kappa shape index (κ1) is 31.9. The molecular formula is C55H34N2. The molecule has 2 aliphatic rings. The smallest absolute Gasteiger partial charge is 0.161 e. The lowest BCUT2D eigenvalue weighted by molar-refractivity contribution is 0.794. The zero-order chi connectivity index (χ0) is 37.5. The van der Waals surface area contributed by atoms with Gasteiger partial charge in [0.2, 0.25) is 0 Å². The highest BCUT2D eigenvalue weighted by atomic mass is 14.9. The largest absolute Gasteiger partial charge is 0.228 e. The Morgan fingerprint density at radius 3 is 1.40 bits per heavy atom. The molecule has 2 heteroatoms. The Kier molecular flexibility index (Phi) is 6.88. The molecule has 1 heterocycles. The first-order chi connectivity index (χ1) is 28.3. The van der Waals surface area contributed by atoms with Crippen molar-refractivity contribution in [3.05, 3.63) is 229 Å². The molecule has 0 unspecified atom stereocenters. The summed E-state index contributed by atoms with van der Waals surface area (Å²) in [5.41, 5.74) is 19.0. The molecule has 264 valence electrons. The second kappa shape index (κ2) is 12.3. The topological polar surface area (TPSA) is 25.8 Å². The lowest BCUT2D eigenvalue weighted by Gasteiger charge is -2.30. The molecule has 2 aliphatic carbocycles.